The lowest BCUT2D eigenvalue weighted by atomic mass is 10.1. The van der Waals surface area contributed by atoms with Crippen molar-refractivity contribution in [2.75, 3.05) is 0 Å². The highest BCUT2D eigenvalue weighted by molar-refractivity contribution is 7.17. The zero-order valence-corrected chi connectivity index (χ0v) is 15.7. The summed E-state index contributed by atoms with van der Waals surface area (Å²) in [5, 5.41) is 11.3. The lowest BCUT2D eigenvalue weighted by Gasteiger charge is -2.12. The fraction of sp³-hybridized carbons (Fsp3) is 0.136. The number of benzene rings is 2. The van der Waals surface area contributed by atoms with Crippen LogP contribution in [0.1, 0.15) is 12.8 Å². The van der Waals surface area contributed by atoms with E-state index in [1.54, 1.807) is 16.7 Å². The van der Waals surface area contributed by atoms with Gasteiger partial charge in [0.1, 0.15) is 16.5 Å². The second-order valence-corrected chi connectivity index (χ2v) is 7.21. The van der Waals surface area contributed by atoms with Crippen LogP contribution >= 0.6 is 11.3 Å². The Hall–Kier alpha value is -3.30. The van der Waals surface area contributed by atoms with Crippen molar-refractivity contribution in [3.63, 3.8) is 0 Å². The van der Waals surface area contributed by atoms with Gasteiger partial charge in [0.25, 0.3) is 5.56 Å². The average Bonchev–Trinajstić information content (AvgIpc) is 3.15. The first-order valence-corrected chi connectivity index (χ1v) is 9.77. The molecule has 0 aliphatic heterocycles. The van der Waals surface area contributed by atoms with Crippen LogP contribution in [0.4, 0.5) is 4.39 Å². The van der Waals surface area contributed by atoms with E-state index in [4.69, 9.17) is 10.2 Å². The minimum Gasteiger partial charge on any atom is -0.292 e. The molecule has 0 bridgehead atoms. The monoisotopic (exact) mass is 389 g/mol. The van der Waals surface area contributed by atoms with Crippen molar-refractivity contribution in [2.45, 2.75) is 19.4 Å². The van der Waals surface area contributed by atoms with Crippen LogP contribution in [-0.2, 0) is 6.54 Å². The average molecular weight is 389 g/mol. The van der Waals surface area contributed by atoms with Gasteiger partial charge in [0.05, 0.1) is 11.5 Å². The van der Waals surface area contributed by atoms with Crippen LogP contribution in [0.2, 0.25) is 0 Å². The number of thiophene rings is 1. The van der Waals surface area contributed by atoms with Gasteiger partial charge in [-0.25, -0.2) is 9.37 Å². The summed E-state index contributed by atoms with van der Waals surface area (Å²) in [7, 11) is 0. The van der Waals surface area contributed by atoms with E-state index in [1.165, 1.54) is 23.5 Å². The normalized spacial score (nSPS) is 10.9. The molecule has 4 nitrogen and oxygen atoms in total. The fourth-order valence-electron chi connectivity index (χ4n) is 3.20. The Morgan fingerprint density at radius 2 is 1.82 bits per heavy atom. The van der Waals surface area contributed by atoms with Gasteiger partial charge in [0.2, 0.25) is 0 Å². The molecule has 0 fully saturated rings. The predicted molar refractivity (Wildman–Crippen MR) is 110 cm³/mol. The molecule has 4 rings (SSSR count). The third-order valence-electron chi connectivity index (χ3n) is 4.55. The number of aromatic nitrogens is 2. The molecule has 0 unspecified atom stereocenters. The lowest BCUT2D eigenvalue weighted by molar-refractivity contribution is 0.628. The molecule has 28 heavy (non-hydrogen) atoms. The Morgan fingerprint density at radius 1 is 1.07 bits per heavy atom. The van der Waals surface area contributed by atoms with E-state index >= 15 is 0 Å². The molecular formula is C22H16FN3OS. The van der Waals surface area contributed by atoms with Crippen LogP contribution < -0.4 is 5.56 Å². The number of nitriles is 1. The van der Waals surface area contributed by atoms with Crippen molar-refractivity contribution in [1.29, 1.82) is 5.26 Å². The molecule has 2 aromatic carbocycles. The minimum atomic E-state index is -0.318. The third kappa shape index (κ3) is 3.32. The van der Waals surface area contributed by atoms with E-state index in [-0.39, 0.29) is 11.4 Å². The molecule has 2 aromatic heterocycles. The van der Waals surface area contributed by atoms with Crippen molar-refractivity contribution in [3.05, 3.63) is 76.1 Å². The summed E-state index contributed by atoms with van der Waals surface area (Å²) in [6.07, 6.45) is 0.937. The predicted octanol–water partition coefficient (Wildman–Crippen LogP) is 5.23. The van der Waals surface area contributed by atoms with Gasteiger partial charge in [0, 0.05) is 29.5 Å². The van der Waals surface area contributed by atoms with Gasteiger partial charge < -0.3 is 0 Å². The van der Waals surface area contributed by atoms with Crippen molar-refractivity contribution >= 4 is 21.6 Å². The fourth-order valence-corrected chi connectivity index (χ4v) is 4.14. The molecule has 0 saturated heterocycles. The van der Waals surface area contributed by atoms with E-state index in [0.717, 1.165) is 16.7 Å². The molecule has 0 amide bonds. The van der Waals surface area contributed by atoms with Gasteiger partial charge >= 0.3 is 0 Å². The number of fused-ring (bicyclic) bond motifs is 1. The lowest BCUT2D eigenvalue weighted by Crippen LogP contribution is -2.23. The summed E-state index contributed by atoms with van der Waals surface area (Å²) in [5.41, 5.74) is 2.26. The topological polar surface area (TPSA) is 58.7 Å². The Bertz CT molecular complexity index is 1220. The third-order valence-corrected chi connectivity index (χ3v) is 5.42. The first-order chi connectivity index (χ1) is 13.7. The second kappa shape index (κ2) is 7.75. The number of unbranched alkanes of at least 4 members (excludes halogenated alkanes) is 1. The van der Waals surface area contributed by atoms with Crippen molar-refractivity contribution in [2.24, 2.45) is 0 Å². The summed E-state index contributed by atoms with van der Waals surface area (Å²) < 4.78 is 14.9. The SMILES string of the molecule is N#CCCCn1c(-c2ccccc2)nc2scc(-c3ccc(F)cc3)c2c1=O. The summed E-state index contributed by atoms with van der Waals surface area (Å²) in [4.78, 5) is 18.8. The van der Waals surface area contributed by atoms with Crippen LogP contribution in [-0.4, -0.2) is 9.55 Å². The standard InChI is InChI=1S/C22H16FN3OS/c23-17-10-8-15(9-11-17)18-14-28-21-19(18)22(27)26(13-5-4-12-24)20(25-21)16-6-2-1-3-7-16/h1-3,6-11,14H,4-5,13H2. The molecule has 0 N–H and O–H groups in total. The van der Waals surface area contributed by atoms with Crippen LogP contribution in [0.25, 0.3) is 32.7 Å². The quantitative estimate of drug-likeness (QED) is 0.439. The smallest absolute Gasteiger partial charge is 0.263 e. The van der Waals surface area contributed by atoms with Gasteiger partial charge in [-0.2, -0.15) is 5.26 Å². The molecule has 0 radical (unpaired) electrons. The summed E-state index contributed by atoms with van der Waals surface area (Å²) in [5.74, 6) is 0.283. The van der Waals surface area contributed by atoms with E-state index in [1.807, 2.05) is 35.7 Å². The maximum absolute atomic E-state index is 13.4. The van der Waals surface area contributed by atoms with Crippen LogP contribution in [0.5, 0.6) is 0 Å². The number of rotatable bonds is 5. The molecule has 0 spiro atoms. The molecule has 6 heteroatoms. The largest absolute Gasteiger partial charge is 0.292 e. The van der Waals surface area contributed by atoms with Gasteiger partial charge in [-0.1, -0.05) is 42.5 Å². The van der Waals surface area contributed by atoms with Gasteiger partial charge in [-0.05, 0) is 24.1 Å². The van der Waals surface area contributed by atoms with Crippen molar-refractivity contribution in [3.8, 4) is 28.6 Å². The Labute approximate surface area is 165 Å². The summed E-state index contributed by atoms with van der Waals surface area (Å²) in [6.45, 7) is 0.415. The summed E-state index contributed by atoms with van der Waals surface area (Å²) >= 11 is 1.40. The molecule has 4 aromatic rings. The molecule has 0 aliphatic carbocycles. The maximum atomic E-state index is 13.4. The second-order valence-electron chi connectivity index (χ2n) is 6.36. The van der Waals surface area contributed by atoms with Gasteiger partial charge in [-0.15, -0.1) is 11.3 Å². The molecule has 0 aliphatic rings. The van der Waals surface area contributed by atoms with Crippen LogP contribution in [0, 0.1) is 17.1 Å². The number of nitrogens with zero attached hydrogens (tertiary/aromatic N) is 3. The van der Waals surface area contributed by atoms with Crippen molar-refractivity contribution < 1.29 is 4.39 Å². The van der Waals surface area contributed by atoms with Crippen LogP contribution in [0.3, 0.4) is 0 Å². The van der Waals surface area contributed by atoms with E-state index < -0.39 is 0 Å². The number of hydrogen-bond acceptors (Lipinski definition) is 4. The van der Waals surface area contributed by atoms with E-state index in [0.29, 0.717) is 35.4 Å². The van der Waals surface area contributed by atoms with Gasteiger partial charge in [0.15, 0.2) is 0 Å². The number of halogens is 1. The highest BCUT2D eigenvalue weighted by Crippen LogP contribution is 2.32. The van der Waals surface area contributed by atoms with Gasteiger partial charge in [-0.3, -0.25) is 9.36 Å². The molecule has 0 atom stereocenters. The Morgan fingerprint density at radius 3 is 2.54 bits per heavy atom. The Kier molecular flexibility index (Phi) is 5.00. The maximum Gasteiger partial charge on any atom is 0.263 e. The Balaban J connectivity index is 1.94. The molecule has 0 saturated carbocycles. The minimum absolute atomic E-state index is 0.137. The van der Waals surface area contributed by atoms with Crippen molar-refractivity contribution in [1.82, 2.24) is 9.55 Å². The first-order valence-electron chi connectivity index (χ1n) is 8.89. The molecular weight excluding hydrogens is 373 g/mol. The summed E-state index contributed by atoms with van der Waals surface area (Å²) in [6, 6.07) is 17.8. The zero-order valence-electron chi connectivity index (χ0n) is 14.9. The molecule has 138 valence electrons. The molecule has 2 heterocycles. The van der Waals surface area contributed by atoms with Crippen LogP contribution in [0.15, 0.2) is 64.8 Å². The van der Waals surface area contributed by atoms with E-state index in [9.17, 15) is 9.18 Å². The highest BCUT2D eigenvalue weighted by Gasteiger charge is 2.18. The highest BCUT2D eigenvalue weighted by atomic mass is 32.1. The first kappa shape index (κ1) is 18.1. The van der Waals surface area contributed by atoms with E-state index in [2.05, 4.69) is 6.07 Å². The number of hydrogen-bond donors (Lipinski definition) is 0. The zero-order chi connectivity index (χ0) is 19.5.